The van der Waals surface area contributed by atoms with Crippen LogP contribution < -0.4 is 0 Å². The van der Waals surface area contributed by atoms with Crippen LogP contribution in [0, 0.1) is 0 Å². The van der Waals surface area contributed by atoms with Crippen LogP contribution in [-0.2, 0) is 11.8 Å². The van der Waals surface area contributed by atoms with Crippen molar-refractivity contribution >= 4 is 12.0 Å². The Morgan fingerprint density at radius 1 is 1.39 bits per heavy atom. The van der Waals surface area contributed by atoms with E-state index in [1.54, 1.807) is 17.9 Å². The average Bonchev–Trinajstić information content (AvgIpc) is 2.82. The van der Waals surface area contributed by atoms with Crippen LogP contribution >= 0.6 is 0 Å². The minimum atomic E-state index is -0.360. The van der Waals surface area contributed by atoms with Crippen LogP contribution in [0.2, 0.25) is 0 Å². The molecule has 92 valence electrons. The van der Waals surface area contributed by atoms with Gasteiger partial charge in [0.15, 0.2) is 0 Å². The maximum atomic E-state index is 11.6. The summed E-state index contributed by atoms with van der Waals surface area (Å²) in [5, 5.41) is 3.91. The lowest BCUT2D eigenvalue weighted by Gasteiger charge is -1.98. The summed E-state index contributed by atoms with van der Waals surface area (Å²) in [5.74, 6) is -0.360. The van der Waals surface area contributed by atoms with Crippen molar-refractivity contribution in [3.05, 3.63) is 59.9 Å². The van der Waals surface area contributed by atoms with E-state index in [0.29, 0.717) is 5.56 Å². The number of aromatic nitrogens is 2. The first kappa shape index (κ1) is 12.1. The van der Waals surface area contributed by atoms with E-state index in [9.17, 15) is 4.79 Å². The molecule has 2 rings (SSSR count). The van der Waals surface area contributed by atoms with Gasteiger partial charge in [-0.1, -0.05) is 36.4 Å². The number of ether oxygens (including phenoxy) is 1. The minimum absolute atomic E-state index is 0.253. The van der Waals surface area contributed by atoms with Crippen LogP contribution in [0.15, 0.2) is 48.8 Å². The molecule has 2 aromatic rings. The molecule has 0 atom stereocenters. The number of carbonyl (C=O) groups is 1. The van der Waals surface area contributed by atoms with Crippen molar-refractivity contribution in [3.63, 3.8) is 0 Å². The van der Waals surface area contributed by atoms with E-state index in [1.165, 1.54) is 6.20 Å². The van der Waals surface area contributed by atoms with E-state index in [-0.39, 0.29) is 12.6 Å². The predicted octanol–water partition coefficient (Wildman–Crippen LogP) is 2.29. The van der Waals surface area contributed by atoms with Gasteiger partial charge in [0.25, 0.3) is 0 Å². The van der Waals surface area contributed by atoms with E-state index in [1.807, 2.05) is 42.5 Å². The lowest BCUT2D eigenvalue weighted by atomic mass is 10.2. The van der Waals surface area contributed by atoms with Crippen LogP contribution in [0.25, 0.3) is 6.08 Å². The summed E-state index contributed by atoms with van der Waals surface area (Å²) in [6.45, 7) is 0.253. The van der Waals surface area contributed by atoms with Gasteiger partial charge in [-0.15, -0.1) is 0 Å². The molecule has 0 amide bonds. The summed E-state index contributed by atoms with van der Waals surface area (Å²) >= 11 is 0. The second-order valence-corrected chi connectivity index (χ2v) is 3.81. The van der Waals surface area contributed by atoms with E-state index in [4.69, 9.17) is 4.74 Å². The third-order valence-corrected chi connectivity index (χ3v) is 2.36. The van der Waals surface area contributed by atoms with Crippen molar-refractivity contribution in [2.24, 2.45) is 7.05 Å². The molecule has 1 aromatic carbocycles. The number of hydrogen-bond acceptors (Lipinski definition) is 3. The van der Waals surface area contributed by atoms with Crippen molar-refractivity contribution in [3.8, 4) is 0 Å². The Morgan fingerprint density at radius 3 is 2.83 bits per heavy atom. The highest BCUT2D eigenvalue weighted by Crippen LogP contribution is 2.02. The number of aryl methyl sites for hydroxylation is 1. The van der Waals surface area contributed by atoms with Crippen LogP contribution in [0.1, 0.15) is 15.9 Å². The van der Waals surface area contributed by atoms with E-state index in [2.05, 4.69) is 5.10 Å². The highest BCUT2D eigenvalue weighted by Gasteiger charge is 2.07. The van der Waals surface area contributed by atoms with Gasteiger partial charge in [0.1, 0.15) is 6.61 Å². The van der Waals surface area contributed by atoms with Gasteiger partial charge in [-0.2, -0.15) is 5.10 Å². The summed E-state index contributed by atoms with van der Waals surface area (Å²) in [4.78, 5) is 11.6. The Labute approximate surface area is 106 Å². The molecule has 0 saturated heterocycles. The number of rotatable bonds is 4. The summed E-state index contributed by atoms with van der Waals surface area (Å²) in [5.41, 5.74) is 1.54. The Balaban J connectivity index is 1.82. The van der Waals surface area contributed by atoms with Gasteiger partial charge < -0.3 is 4.74 Å². The average molecular weight is 242 g/mol. The second-order valence-electron chi connectivity index (χ2n) is 3.81. The molecule has 0 aliphatic rings. The van der Waals surface area contributed by atoms with Crippen LogP contribution in [0.4, 0.5) is 0 Å². The van der Waals surface area contributed by atoms with Crippen molar-refractivity contribution < 1.29 is 9.53 Å². The fourth-order valence-electron chi connectivity index (χ4n) is 1.48. The number of nitrogens with zero attached hydrogens (tertiary/aromatic N) is 2. The zero-order valence-electron chi connectivity index (χ0n) is 10.1. The molecule has 0 bridgehead atoms. The lowest BCUT2D eigenvalue weighted by Crippen LogP contribution is -2.03. The standard InChI is InChI=1S/C14H14N2O2/c1-16-11-13(10-15-16)14(17)18-9-5-8-12-6-3-2-4-7-12/h2-8,10-11H,9H2,1H3/b8-5+. The van der Waals surface area contributed by atoms with Crippen molar-refractivity contribution in [1.82, 2.24) is 9.78 Å². The smallest absolute Gasteiger partial charge is 0.341 e. The zero-order valence-corrected chi connectivity index (χ0v) is 10.1. The third-order valence-electron chi connectivity index (χ3n) is 2.36. The van der Waals surface area contributed by atoms with Crippen LogP contribution in [0.5, 0.6) is 0 Å². The molecule has 0 saturated carbocycles. The van der Waals surface area contributed by atoms with Gasteiger partial charge in [0.2, 0.25) is 0 Å². The van der Waals surface area contributed by atoms with Gasteiger partial charge >= 0.3 is 5.97 Å². The topological polar surface area (TPSA) is 44.1 Å². The van der Waals surface area contributed by atoms with Gasteiger partial charge in [0, 0.05) is 13.2 Å². The Kier molecular flexibility index (Phi) is 3.91. The predicted molar refractivity (Wildman–Crippen MR) is 69.0 cm³/mol. The quantitative estimate of drug-likeness (QED) is 0.773. The molecule has 0 fully saturated rings. The Morgan fingerprint density at radius 2 is 2.17 bits per heavy atom. The maximum Gasteiger partial charge on any atom is 0.341 e. The molecule has 0 spiro atoms. The molecule has 1 heterocycles. The molecule has 0 unspecified atom stereocenters. The fraction of sp³-hybridized carbons (Fsp3) is 0.143. The molecule has 4 nitrogen and oxygen atoms in total. The largest absolute Gasteiger partial charge is 0.458 e. The van der Waals surface area contributed by atoms with Crippen LogP contribution in [-0.4, -0.2) is 22.4 Å². The number of benzene rings is 1. The van der Waals surface area contributed by atoms with Gasteiger partial charge in [-0.25, -0.2) is 4.79 Å². The zero-order chi connectivity index (χ0) is 12.8. The molecule has 0 aliphatic carbocycles. The van der Waals surface area contributed by atoms with Crippen molar-refractivity contribution in [2.45, 2.75) is 0 Å². The minimum Gasteiger partial charge on any atom is -0.458 e. The molecule has 1 aromatic heterocycles. The lowest BCUT2D eigenvalue weighted by molar-refractivity contribution is 0.0550. The first-order chi connectivity index (χ1) is 8.75. The Hall–Kier alpha value is -2.36. The maximum absolute atomic E-state index is 11.6. The van der Waals surface area contributed by atoms with Gasteiger partial charge in [0.05, 0.1) is 11.8 Å². The highest BCUT2D eigenvalue weighted by atomic mass is 16.5. The SMILES string of the molecule is Cn1cc(C(=O)OC/C=C/c2ccccc2)cn1. The molecule has 0 N–H and O–H groups in total. The summed E-state index contributed by atoms with van der Waals surface area (Å²) in [6.07, 6.45) is 6.84. The summed E-state index contributed by atoms with van der Waals surface area (Å²) in [6, 6.07) is 9.85. The normalized spacial score (nSPS) is 10.7. The highest BCUT2D eigenvalue weighted by molar-refractivity contribution is 5.88. The number of esters is 1. The molecule has 0 aliphatic heterocycles. The van der Waals surface area contributed by atoms with Crippen LogP contribution in [0.3, 0.4) is 0 Å². The van der Waals surface area contributed by atoms with E-state index in [0.717, 1.165) is 5.56 Å². The molecular formula is C14H14N2O2. The molecular weight excluding hydrogens is 228 g/mol. The molecule has 0 radical (unpaired) electrons. The van der Waals surface area contributed by atoms with E-state index >= 15 is 0 Å². The summed E-state index contributed by atoms with van der Waals surface area (Å²) in [7, 11) is 1.76. The number of hydrogen-bond donors (Lipinski definition) is 0. The second kappa shape index (κ2) is 5.82. The van der Waals surface area contributed by atoms with Gasteiger partial charge in [-0.05, 0) is 11.6 Å². The first-order valence-corrected chi connectivity index (χ1v) is 5.63. The summed E-state index contributed by atoms with van der Waals surface area (Å²) < 4.78 is 6.65. The molecule has 4 heteroatoms. The fourth-order valence-corrected chi connectivity index (χ4v) is 1.48. The monoisotopic (exact) mass is 242 g/mol. The van der Waals surface area contributed by atoms with Gasteiger partial charge in [-0.3, -0.25) is 4.68 Å². The molecule has 18 heavy (non-hydrogen) atoms. The van der Waals surface area contributed by atoms with E-state index < -0.39 is 0 Å². The third kappa shape index (κ3) is 3.31. The number of carbonyl (C=O) groups excluding carboxylic acids is 1. The van der Waals surface area contributed by atoms with Crippen molar-refractivity contribution in [2.75, 3.05) is 6.61 Å². The first-order valence-electron chi connectivity index (χ1n) is 5.63. The van der Waals surface area contributed by atoms with Crippen molar-refractivity contribution in [1.29, 1.82) is 0 Å². The Bertz CT molecular complexity index is 544.